The SMILES string of the molecule is [B]c1ccc([C@H](C)N2CCCC(CC=C)(c3ccccc3)NC2=O)cc1. The fourth-order valence-electron chi connectivity index (χ4n) is 3.81. The van der Waals surface area contributed by atoms with Gasteiger partial charge in [0.15, 0.2) is 0 Å². The van der Waals surface area contributed by atoms with Crippen LogP contribution >= 0.6 is 0 Å². The first-order chi connectivity index (χ1) is 12.6. The number of nitrogens with zero attached hydrogens (tertiary/aromatic N) is 1. The number of nitrogens with one attached hydrogen (secondary N) is 1. The topological polar surface area (TPSA) is 32.3 Å². The van der Waals surface area contributed by atoms with Crippen LogP contribution in [0.4, 0.5) is 4.79 Å². The third kappa shape index (κ3) is 3.69. The second-order valence-corrected chi connectivity index (χ2v) is 7.01. The molecule has 0 saturated carbocycles. The van der Waals surface area contributed by atoms with Crippen LogP contribution in [0.3, 0.4) is 0 Å². The van der Waals surface area contributed by atoms with E-state index in [0.29, 0.717) is 6.42 Å². The molecule has 4 heteroatoms. The molecule has 0 spiro atoms. The summed E-state index contributed by atoms with van der Waals surface area (Å²) in [5.74, 6) is 0. The first kappa shape index (κ1) is 18.3. The lowest BCUT2D eigenvalue weighted by atomic mass is 9.83. The van der Waals surface area contributed by atoms with Gasteiger partial charge < -0.3 is 10.2 Å². The van der Waals surface area contributed by atoms with Gasteiger partial charge >= 0.3 is 6.03 Å². The predicted octanol–water partition coefficient (Wildman–Crippen LogP) is 3.82. The van der Waals surface area contributed by atoms with Crippen LogP contribution in [0.2, 0.25) is 0 Å². The minimum atomic E-state index is -0.393. The summed E-state index contributed by atoms with van der Waals surface area (Å²) in [6.45, 7) is 6.70. The van der Waals surface area contributed by atoms with Crippen LogP contribution in [0.15, 0.2) is 67.3 Å². The van der Waals surface area contributed by atoms with Gasteiger partial charge in [-0.25, -0.2) is 4.79 Å². The average molecular weight is 344 g/mol. The van der Waals surface area contributed by atoms with E-state index in [0.717, 1.165) is 36.0 Å². The van der Waals surface area contributed by atoms with E-state index < -0.39 is 5.54 Å². The van der Waals surface area contributed by atoms with Crippen molar-refractivity contribution in [2.24, 2.45) is 0 Å². The van der Waals surface area contributed by atoms with Gasteiger partial charge in [0.05, 0.1) is 11.6 Å². The lowest BCUT2D eigenvalue weighted by Gasteiger charge is -2.34. The first-order valence-electron chi connectivity index (χ1n) is 9.16. The molecular weight excluding hydrogens is 319 g/mol. The normalized spacial score (nSPS) is 21.6. The summed E-state index contributed by atoms with van der Waals surface area (Å²) in [4.78, 5) is 15.0. The summed E-state index contributed by atoms with van der Waals surface area (Å²) in [5.41, 5.74) is 2.56. The lowest BCUT2D eigenvalue weighted by molar-refractivity contribution is 0.178. The molecule has 0 bridgehead atoms. The Balaban J connectivity index is 1.87. The van der Waals surface area contributed by atoms with E-state index >= 15 is 0 Å². The van der Waals surface area contributed by atoms with Gasteiger partial charge in [-0.2, -0.15) is 0 Å². The van der Waals surface area contributed by atoms with Crippen LogP contribution in [0.5, 0.6) is 0 Å². The van der Waals surface area contributed by atoms with E-state index in [2.05, 4.69) is 31.0 Å². The van der Waals surface area contributed by atoms with Gasteiger partial charge in [-0.1, -0.05) is 66.1 Å². The Morgan fingerprint density at radius 2 is 1.92 bits per heavy atom. The highest BCUT2D eigenvalue weighted by atomic mass is 16.2. The summed E-state index contributed by atoms with van der Waals surface area (Å²) in [6, 6.07) is 17.9. The molecule has 3 rings (SSSR count). The summed E-state index contributed by atoms with van der Waals surface area (Å²) >= 11 is 0. The van der Waals surface area contributed by atoms with Crippen molar-refractivity contribution in [3.63, 3.8) is 0 Å². The zero-order valence-corrected chi connectivity index (χ0v) is 15.3. The van der Waals surface area contributed by atoms with Crippen molar-refractivity contribution in [2.75, 3.05) is 6.54 Å². The summed E-state index contributed by atoms with van der Waals surface area (Å²) in [5, 5.41) is 3.31. The van der Waals surface area contributed by atoms with Crippen molar-refractivity contribution in [2.45, 2.75) is 37.8 Å². The highest BCUT2D eigenvalue weighted by Gasteiger charge is 2.37. The van der Waals surface area contributed by atoms with Crippen LogP contribution in [0.1, 0.15) is 43.4 Å². The zero-order chi connectivity index (χ0) is 18.6. The fourth-order valence-corrected chi connectivity index (χ4v) is 3.81. The summed E-state index contributed by atoms with van der Waals surface area (Å²) in [6.07, 6.45) is 4.43. The maximum atomic E-state index is 13.1. The highest BCUT2D eigenvalue weighted by molar-refractivity contribution is 6.32. The van der Waals surface area contributed by atoms with Gasteiger partial charge in [0.1, 0.15) is 7.85 Å². The Labute approximate surface area is 157 Å². The monoisotopic (exact) mass is 344 g/mol. The number of carbonyl (C=O) groups excluding carboxylic acids is 1. The molecule has 1 unspecified atom stereocenters. The van der Waals surface area contributed by atoms with Crippen LogP contribution in [0.25, 0.3) is 0 Å². The Bertz CT molecular complexity index is 759. The lowest BCUT2D eigenvalue weighted by Crippen LogP contribution is -2.49. The van der Waals surface area contributed by atoms with Gasteiger partial charge in [0, 0.05) is 6.54 Å². The molecule has 2 amide bonds. The maximum absolute atomic E-state index is 13.1. The molecule has 26 heavy (non-hydrogen) atoms. The third-order valence-electron chi connectivity index (χ3n) is 5.32. The molecule has 2 aromatic rings. The molecule has 1 heterocycles. The van der Waals surface area contributed by atoms with E-state index in [1.165, 1.54) is 0 Å². The summed E-state index contributed by atoms with van der Waals surface area (Å²) < 4.78 is 0. The highest BCUT2D eigenvalue weighted by Crippen LogP contribution is 2.34. The molecule has 1 aliphatic rings. The largest absolute Gasteiger partial charge is 0.328 e. The quantitative estimate of drug-likeness (QED) is 0.649. The minimum Gasteiger partial charge on any atom is -0.328 e. The van der Waals surface area contributed by atoms with Crippen molar-refractivity contribution in [1.29, 1.82) is 0 Å². The van der Waals surface area contributed by atoms with Crippen LogP contribution in [-0.2, 0) is 5.54 Å². The first-order valence-corrected chi connectivity index (χ1v) is 9.16. The van der Waals surface area contributed by atoms with Crippen molar-refractivity contribution >= 4 is 19.3 Å². The molecular formula is C22H25BN2O. The Hall–Kier alpha value is -2.49. The van der Waals surface area contributed by atoms with Crippen molar-refractivity contribution < 1.29 is 4.79 Å². The van der Waals surface area contributed by atoms with Gasteiger partial charge in [-0.15, -0.1) is 6.58 Å². The molecule has 1 saturated heterocycles. The van der Waals surface area contributed by atoms with E-state index in [1.54, 1.807) is 0 Å². The molecule has 2 atom stereocenters. The molecule has 1 fully saturated rings. The van der Waals surface area contributed by atoms with Crippen LogP contribution in [0, 0.1) is 0 Å². The molecule has 1 N–H and O–H groups in total. The Kier molecular flexibility index (Phi) is 5.50. The standard InChI is InChI=1S/C22H25BN2O/c1-3-14-22(19-8-5-4-6-9-19)15-7-16-25(21(26)24-22)17(2)18-10-12-20(23)13-11-18/h3-6,8-13,17H,1,7,14-16H2,2H3,(H,24,26)/t17-,22?/m0/s1. The van der Waals surface area contributed by atoms with Gasteiger partial charge in [0.25, 0.3) is 0 Å². The third-order valence-corrected chi connectivity index (χ3v) is 5.32. The van der Waals surface area contributed by atoms with Crippen molar-refractivity contribution in [3.8, 4) is 0 Å². The predicted molar refractivity (Wildman–Crippen MR) is 108 cm³/mol. The molecule has 132 valence electrons. The van der Waals surface area contributed by atoms with Crippen molar-refractivity contribution in [1.82, 2.24) is 10.2 Å². The second kappa shape index (κ2) is 7.82. The Morgan fingerprint density at radius 3 is 2.58 bits per heavy atom. The number of amides is 2. The fraction of sp³-hybridized carbons (Fsp3) is 0.318. The van der Waals surface area contributed by atoms with Gasteiger partial charge in [-0.3, -0.25) is 0 Å². The number of benzene rings is 2. The average Bonchev–Trinajstić information content (AvgIpc) is 2.82. The number of hydrogen-bond donors (Lipinski definition) is 1. The van der Waals surface area contributed by atoms with E-state index in [4.69, 9.17) is 7.85 Å². The number of rotatable bonds is 5. The van der Waals surface area contributed by atoms with Gasteiger partial charge in [0.2, 0.25) is 0 Å². The Morgan fingerprint density at radius 1 is 1.23 bits per heavy atom. The zero-order valence-electron chi connectivity index (χ0n) is 15.3. The molecule has 0 aliphatic carbocycles. The number of hydrogen-bond acceptors (Lipinski definition) is 1. The molecule has 0 aromatic heterocycles. The molecule has 2 aromatic carbocycles. The molecule has 2 radical (unpaired) electrons. The number of urea groups is 1. The molecule has 3 nitrogen and oxygen atoms in total. The summed E-state index contributed by atoms with van der Waals surface area (Å²) in [7, 11) is 5.79. The smallest absolute Gasteiger partial charge is 0.318 e. The maximum Gasteiger partial charge on any atom is 0.318 e. The minimum absolute atomic E-state index is 0.00842. The van der Waals surface area contributed by atoms with Crippen LogP contribution in [-0.4, -0.2) is 25.3 Å². The molecule has 1 aliphatic heterocycles. The second-order valence-electron chi connectivity index (χ2n) is 7.01. The van der Waals surface area contributed by atoms with Crippen molar-refractivity contribution in [3.05, 3.63) is 78.4 Å². The number of carbonyl (C=O) groups is 1. The van der Waals surface area contributed by atoms with Gasteiger partial charge in [-0.05, 0) is 37.3 Å². The van der Waals surface area contributed by atoms with E-state index in [-0.39, 0.29) is 12.1 Å². The van der Waals surface area contributed by atoms with E-state index in [1.807, 2.05) is 53.4 Å². The van der Waals surface area contributed by atoms with E-state index in [9.17, 15) is 4.79 Å². The van der Waals surface area contributed by atoms with Crippen LogP contribution < -0.4 is 10.8 Å².